The third-order valence-electron chi connectivity index (χ3n) is 3.92. The Morgan fingerprint density at radius 1 is 1.20 bits per heavy atom. The van der Waals surface area contributed by atoms with Gasteiger partial charge in [-0.1, -0.05) is 6.42 Å². The van der Waals surface area contributed by atoms with Crippen molar-refractivity contribution >= 4 is 17.6 Å². The van der Waals surface area contributed by atoms with Gasteiger partial charge in [0.2, 0.25) is 5.91 Å². The lowest BCUT2D eigenvalue weighted by Gasteiger charge is -2.29. The van der Waals surface area contributed by atoms with E-state index in [0.29, 0.717) is 24.9 Å². The minimum absolute atomic E-state index is 0.0949. The molecule has 0 bridgehead atoms. The quantitative estimate of drug-likeness (QED) is 0.925. The average Bonchev–Trinajstić information content (AvgIpc) is 2.46. The molecule has 1 fully saturated rings. The minimum atomic E-state index is -0.827. The molecule has 0 aliphatic heterocycles. The van der Waals surface area contributed by atoms with Gasteiger partial charge in [-0.3, -0.25) is 9.59 Å². The molecular weight excluding hydrogens is 261 g/mol. The van der Waals surface area contributed by atoms with Crippen molar-refractivity contribution in [3.63, 3.8) is 0 Å². The molecule has 1 aliphatic rings. The van der Waals surface area contributed by atoms with Crippen molar-refractivity contribution in [2.45, 2.75) is 25.7 Å². The zero-order valence-corrected chi connectivity index (χ0v) is 11.4. The van der Waals surface area contributed by atoms with Crippen LogP contribution in [0, 0.1) is 17.7 Å². The van der Waals surface area contributed by atoms with E-state index in [1.807, 2.05) is 0 Å². The lowest BCUT2D eigenvalue weighted by atomic mass is 9.81. The lowest BCUT2D eigenvalue weighted by Crippen LogP contribution is -2.36. The summed E-state index contributed by atoms with van der Waals surface area (Å²) >= 11 is 0. The molecule has 0 aromatic heterocycles. The normalized spacial score (nSPS) is 22.3. The molecule has 1 saturated carbocycles. The number of hydrogen-bond donors (Lipinski definition) is 1. The molecule has 2 atom stereocenters. The SMILES string of the molecule is CN(C(=O)C1CCCC(C(=O)O)C1)c1ccc(F)cc1. The van der Waals surface area contributed by atoms with E-state index in [0.717, 1.165) is 6.42 Å². The fourth-order valence-corrected chi connectivity index (χ4v) is 2.70. The second-order valence-corrected chi connectivity index (χ2v) is 5.27. The van der Waals surface area contributed by atoms with Crippen LogP contribution in [-0.2, 0) is 9.59 Å². The zero-order chi connectivity index (χ0) is 14.7. The molecule has 1 aromatic rings. The summed E-state index contributed by atoms with van der Waals surface area (Å²) in [6, 6.07) is 5.70. The number of hydrogen-bond acceptors (Lipinski definition) is 2. The zero-order valence-electron chi connectivity index (χ0n) is 11.4. The molecular formula is C15H18FNO3. The van der Waals surface area contributed by atoms with E-state index < -0.39 is 11.9 Å². The van der Waals surface area contributed by atoms with Crippen molar-refractivity contribution in [2.24, 2.45) is 11.8 Å². The van der Waals surface area contributed by atoms with Gasteiger partial charge in [0.25, 0.3) is 0 Å². The number of nitrogens with zero attached hydrogens (tertiary/aromatic N) is 1. The number of rotatable bonds is 3. The predicted octanol–water partition coefficient (Wildman–Crippen LogP) is 2.68. The molecule has 1 amide bonds. The van der Waals surface area contributed by atoms with Gasteiger partial charge in [0, 0.05) is 18.7 Å². The van der Waals surface area contributed by atoms with Crippen molar-refractivity contribution < 1.29 is 19.1 Å². The van der Waals surface area contributed by atoms with Crippen molar-refractivity contribution in [3.8, 4) is 0 Å². The Morgan fingerprint density at radius 3 is 2.40 bits per heavy atom. The number of aliphatic carboxylic acids is 1. The number of carbonyl (C=O) groups is 2. The van der Waals surface area contributed by atoms with Gasteiger partial charge in [-0.25, -0.2) is 4.39 Å². The molecule has 4 nitrogen and oxygen atoms in total. The monoisotopic (exact) mass is 279 g/mol. The Morgan fingerprint density at radius 2 is 1.80 bits per heavy atom. The second-order valence-electron chi connectivity index (χ2n) is 5.27. The number of carboxylic acids is 1. The van der Waals surface area contributed by atoms with Crippen LogP contribution < -0.4 is 4.90 Å². The molecule has 108 valence electrons. The Labute approximate surface area is 117 Å². The highest BCUT2D eigenvalue weighted by molar-refractivity contribution is 5.94. The van der Waals surface area contributed by atoms with Gasteiger partial charge in [0.15, 0.2) is 0 Å². The highest BCUT2D eigenvalue weighted by atomic mass is 19.1. The highest BCUT2D eigenvalue weighted by Crippen LogP contribution is 2.31. The van der Waals surface area contributed by atoms with E-state index >= 15 is 0 Å². The first-order valence-electron chi connectivity index (χ1n) is 6.75. The van der Waals surface area contributed by atoms with Crippen molar-refractivity contribution in [1.82, 2.24) is 0 Å². The summed E-state index contributed by atoms with van der Waals surface area (Å²) in [4.78, 5) is 24.9. The number of benzene rings is 1. The maximum Gasteiger partial charge on any atom is 0.306 e. The van der Waals surface area contributed by atoms with Crippen LogP contribution >= 0.6 is 0 Å². The minimum Gasteiger partial charge on any atom is -0.481 e. The van der Waals surface area contributed by atoms with Crippen LogP contribution in [0.15, 0.2) is 24.3 Å². The van der Waals surface area contributed by atoms with Crippen molar-refractivity contribution in [3.05, 3.63) is 30.1 Å². The van der Waals surface area contributed by atoms with E-state index in [4.69, 9.17) is 5.11 Å². The standard InChI is InChI=1S/C15H18FNO3/c1-17(13-7-5-12(16)6-8-13)14(18)10-3-2-4-11(9-10)15(19)20/h5-8,10-11H,2-4,9H2,1H3,(H,19,20). The van der Waals surface area contributed by atoms with E-state index in [2.05, 4.69) is 0 Å². The maximum atomic E-state index is 12.9. The van der Waals surface area contributed by atoms with Gasteiger partial charge in [-0.2, -0.15) is 0 Å². The number of halogens is 1. The number of amides is 1. The average molecular weight is 279 g/mol. The van der Waals surface area contributed by atoms with Crippen LogP contribution in [0.25, 0.3) is 0 Å². The molecule has 1 aromatic carbocycles. The first-order chi connectivity index (χ1) is 9.49. The third kappa shape index (κ3) is 3.15. The van der Waals surface area contributed by atoms with Crippen LogP contribution in [0.5, 0.6) is 0 Å². The smallest absolute Gasteiger partial charge is 0.306 e. The molecule has 5 heteroatoms. The molecule has 0 saturated heterocycles. The fourth-order valence-electron chi connectivity index (χ4n) is 2.70. The lowest BCUT2D eigenvalue weighted by molar-refractivity contribution is -0.143. The van der Waals surface area contributed by atoms with Crippen LogP contribution in [-0.4, -0.2) is 24.0 Å². The molecule has 2 rings (SSSR count). The van der Waals surface area contributed by atoms with Gasteiger partial charge in [-0.05, 0) is 43.5 Å². The summed E-state index contributed by atoms with van der Waals surface area (Å²) in [6.07, 6.45) is 2.50. The Balaban J connectivity index is 2.06. The molecule has 1 N–H and O–H groups in total. The Hall–Kier alpha value is -1.91. The highest BCUT2D eigenvalue weighted by Gasteiger charge is 2.32. The van der Waals surface area contributed by atoms with E-state index in [1.165, 1.54) is 17.0 Å². The van der Waals surface area contributed by atoms with Crippen LogP contribution in [0.2, 0.25) is 0 Å². The van der Waals surface area contributed by atoms with Gasteiger partial charge in [-0.15, -0.1) is 0 Å². The van der Waals surface area contributed by atoms with Crippen LogP contribution in [0.4, 0.5) is 10.1 Å². The summed E-state index contributed by atoms with van der Waals surface area (Å²) in [5.41, 5.74) is 0.619. The summed E-state index contributed by atoms with van der Waals surface area (Å²) in [7, 11) is 1.64. The van der Waals surface area contributed by atoms with E-state index in [-0.39, 0.29) is 17.6 Å². The van der Waals surface area contributed by atoms with Gasteiger partial charge >= 0.3 is 5.97 Å². The third-order valence-corrected chi connectivity index (χ3v) is 3.92. The topological polar surface area (TPSA) is 57.6 Å². The van der Waals surface area contributed by atoms with Gasteiger partial charge in [0.1, 0.15) is 5.82 Å². The van der Waals surface area contributed by atoms with Gasteiger partial charge < -0.3 is 10.0 Å². The van der Waals surface area contributed by atoms with E-state index in [1.54, 1.807) is 19.2 Å². The molecule has 20 heavy (non-hydrogen) atoms. The number of carboxylic acid groups (broad SMARTS) is 1. The molecule has 2 unspecified atom stereocenters. The molecule has 0 heterocycles. The first-order valence-corrected chi connectivity index (χ1v) is 6.75. The van der Waals surface area contributed by atoms with Crippen LogP contribution in [0.3, 0.4) is 0 Å². The summed E-state index contributed by atoms with van der Waals surface area (Å²) < 4.78 is 12.9. The predicted molar refractivity (Wildman–Crippen MR) is 72.9 cm³/mol. The largest absolute Gasteiger partial charge is 0.481 e. The van der Waals surface area contributed by atoms with Crippen molar-refractivity contribution in [2.75, 3.05) is 11.9 Å². The summed E-state index contributed by atoms with van der Waals surface area (Å²) in [6.45, 7) is 0. The van der Waals surface area contributed by atoms with Crippen molar-refractivity contribution in [1.29, 1.82) is 0 Å². The summed E-state index contributed by atoms with van der Waals surface area (Å²) in [5, 5.41) is 9.06. The first kappa shape index (κ1) is 14.5. The van der Waals surface area contributed by atoms with E-state index in [9.17, 15) is 14.0 Å². The maximum absolute atomic E-state index is 12.9. The Bertz CT molecular complexity index is 500. The number of anilines is 1. The Kier molecular flexibility index (Phi) is 4.37. The second kappa shape index (κ2) is 6.03. The molecule has 0 spiro atoms. The molecule has 1 aliphatic carbocycles. The van der Waals surface area contributed by atoms with Crippen LogP contribution in [0.1, 0.15) is 25.7 Å². The fraction of sp³-hybridized carbons (Fsp3) is 0.467. The molecule has 0 radical (unpaired) electrons. The van der Waals surface area contributed by atoms with Gasteiger partial charge in [0.05, 0.1) is 5.92 Å². The number of carbonyl (C=O) groups excluding carboxylic acids is 1. The summed E-state index contributed by atoms with van der Waals surface area (Å²) in [5.74, 6) is -1.97.